The largest absolute Gasteiger partial charge is 0.443 e. The maximum Gasteiger partial charge on any atom is 0.359 e. The molecule has 0 saturated carbocycles. The summed E-state index contributed by atoms with van der Waals surface area (Å²) in [5.41, 5.74) is -1.07. The van der Waals surface area contributed by atoms with Crippen LogP contribution < -0.4 is 0 Å². The van der Waals surface area contributed by atoms with Crippen LogP contribution in [0, 0.1) is 5.41 Å². The molecule has 0 aromatic rings. The molecule has 4 heteroatoms. The van der Waals surface area contributed by atoms with Gasteiger partial charge in [-0.1, -0.05) is 53.2 Å². The molecule has 0 aromatic carbocycles. The molecule has 0 amide bonds. The predicted octanol–water partition coefficient (Wildman–Crippen LogP) is 4.55. The Morgan fingerprint density at radius 1 is 1.00 bits per heavy atom. The van der Waals surface area contributed by atoms with Crippen LogP contribution >= 0.6 is 0 Å². The van der Waals surface area contributed by atoms with Crippen molar-refractivity contribution in [2.24, 2.45) is 5.41 Å². The zero-order valence-corrected chi connectivity index (χ0v) is 14.4. The van der Waals surface area contributed by atoms with Crippen molar-refractivity contribution in [3.63, 3.8) is 0 Å². The number of hydrogen-bond acceptors (Lipinski definition) is 4. The lowest BCUT2D eigenvalue weighted by Gasteiger charge is -2.27. The van der Waals surface area contributed by atoms with Gasteiger partial charge in [-0.2, -0.15) is 0 Å². The number of carbonyl (C=O) groups is 2. The van der Waals surface area contributed by atoms with Gasteiger partial charge in [0, 0.05) is 13.3 Å². The zero-order chi connectivity index (χ0) is 17.2. The fourth-order valence-corrected chi connectivity index (χ4v) is 2.25. The first-order valence-corrected chi connectivity index (χ1v) is 7.82. The van der Waals surface area contributed by atoms with Crippen molar-refractivity contribution in [1.82, 2.24) is 0 Å². The molecule has 0 radical (unpaired) electrons. The van der Waals surface area contributed by atoms with Gasteiger partial charge in [0.15, 0.2) is 0 Å². The smallest absolute Gasteiger partial charge is 0.359 e. The van der Waals surface area contributed by atoms with Gasteiger partial charge in [-0.3, -0.25) is 4.79 Å². The molecule has 1 atom stereocenters. The van der Waals surface area contributed by atoms with E-state index in [0.29, 0.717) is 11.8 Å². The summed E-state index contributed by atoms with van der Waals surface area (Å²) in [7, 11) is 0. The Labute approximate surface area is 134 Å². The average molecular weight is 310 g/mol. The number of carbonyl (C=O) groups excluding carboxylic acids is 2. The van der Waals surface area contributed by atoms with Gasteiger partial charge >= 0.3 is 11.9 Å². The van der Waals surface area contributed by atoms with E-state index in [0.717, 1.165) is 31.9 Å². The summed E-state index contributed by atoms with van der Waals surface area (Å²) in [5.74, 6) is -1.18. The monoisotopic (exact) mass is 310 g/mol. The third-order valence-corrected chi connectivity index (χ3v) is 3.42. The van der Waals surface area contributed by atoms with Gasteiger partial charge in [-0.05, 0) is 24.3 Å². The molecule has 0 heterocycles. The summed E-state index contributed by atoms with van der Waals surface area (Å²) >= 11 is 0. The lowest BCUT2D eigenvalue weighted by atomic mass is 9.89. The van der Waals surface area contributed by atoms with Crippen LogP contribution in [-0.2, 0) is 19.1 Å². The Hall–Kier alpha value is -1.58. The fourth-order valence-electron chi connectivity index (χ4n) is 2.25. The third kappa shape index (κ3) is 8.01. The molecule has 0 spiro atoms. The molecule has 22 heavy (non-hydrogen) atoms. The van der Waals surface area contributed by atoms with Crippen molar-refractivity contribution in [2.75, 3.05) is 0 Å². The number of ether oxygens (including phenoxy) is 2. The Kier molecular flexibility index (Phi) is 8.76. The van der Waals surface area contributed by atoms with Crippen LogP contribution in [0.3, 0.4) is 0 Å². The van der Waals surface area contributed by atoms with Crippen LogP contribution in [0.15, 0.2) is 25.5 Å². The van der Waals surface area contributed by atoms with Gasteiger partial charge < -0.3 is 9.47 Å². The lowest BCUT2D eigenvalue weighted by Crippen LogP contribution is -2.41. The van der Waals surface area contributed by atoms with Gasteiger partial charge in [0.25, 0.3) is 0 Å². The number of hydrogen-bond donors (Lipinski definition) is 0. The molecule has 0 aliphatic carbocycles. The minimum atomic E-state index is -1.41. The first kappa shape index (κ1) is 20.4. The van der Waals surface area contributed by atoms with E-state index in [4.69, 9.17) is 9.47 Å². The summed E-state index contributed by atoms with van der Waals surface area (Å²) in [6.07, 6.45) is 7.88. The van der Waals surface area contributed by atoms with Crippen molar-refractivity contribution in [3.05, 3.63) is 25.5 Å². The Morgan fingerprint density at radius 2 is 1.55 bits per heavy atom. The van der Waals surface area contributed by atoms with Crippen LogP contribution in [0.25, 0.3) is 0 Å². The molecule has 0 rings (SSSR count). The SMILES string of the molecule is C=COC(=O)C(C=C)(CCCCCCC(C)(C)C)OC(C)=O. The van der Waals surface area contributed by atoms with E-state index in [1.807, 2.05) is 0 Å². The molecule has 0 saturated heterocycles. The second-order valence-electron chi connectivity index (χ2n) is 6.73. The molecule has 0 fully saturated rings. The normalized spacial score (nSPS) is 13.8. The van der Waals surface area contributed by atoms with Crippen molar-refractivity contribution in [2.45, 2.75) is 71.8 Å². The number of rotatable bonds is 10. The predicted molar refractivity (Wildman–Crippen MR) is 88.1 cm³/mol. The lowest BCUT2D eigenvalue weighted by molar-refractivity contribution is -0.172. The second kappa shape index (κ2) is 9.44. The van der Waals surface area contributed by atoms with Crippen molar-refractivity contribution in [1.29, 1.82) is 0 Å². The minimum Gasteiger partial charge on any atom is -0.443 e. The molecular weight excluding hydrogens is 280 g/mol. The Bertz CT molecular complexity index is 392. The quantitative estimate of drug-likeness (QED) is 0.257. The molecular formula is C18H30O4. The topological polar surface area (TPSA) is 52.6 Å². The molecule has 0 aliphatic rings. The average Bonchev–Trinajstić information content (AvgIpc) is 2.39. The van der Waals surface area contributed by atoms with Crippen molar-refractivity contribution >= 4 is 11.9 Å². The van der Waals surface area contributed by atoms with E-state index in [1.165, 1.54) is 19.4 Å². The maximum atomic E-state index is 12.0. The molecule has 0 N–H and O–H groups in total. The molecule has 126 valence electrons. The van der Waals surface area contributed by atoms with Gasteiger partial charge in [0.1, 0.15) is 0 Å². The van der Waals surface area contributed by atoms with Gasteiger partial charge in [-0.25, -0.2) is 4.79 Å². The van der Waals surface area contributed by atoms with E-state index >= 15 is 0 Å². The summed E-state index contributed by atoms with van der Waals surface area (Å²) in [6.45, 7) is 14.9. The highest BCUT2D eigenvalue weighted by Gasteiger charge is 2.39. The molecule has 4 nitrogen and oxygen atoms in total. The van der Waals surface area contributed by atoms with Crippen LogP contribution in [0.5, 0.6) is 0 Å². The third-order valence-electron chi connectivity index (χ3n) is 3.42. The number of unbranched alkanes of at least 4 members (excludes halogenated alkanes) is 3. The molecule has 1 unspecified atom stereocenters. The van der Waals surface area contributed by atoms with E-state index in [-0.39, 0.29) is 0 Å². The first-order chi connectivity index (χ1) is 10.2. The summed E-state index contributed by atoms with van der Waals surface area (Å²) < 4.78 is 9.98. The van der Waals surface area contributed by atoms with Crippen LogP contribution in [0.2, 0.25) is 0 Å². The zero-order valence-electron chi connectivity index (χ0n) is 14.4. The standard InChI is InChI=1S/C18H30O4/c1-7-18(22-15(3)19,16(20)21-8-2)14-12-10-9-11-13-17(4,5)6/h7-8H,1-2,9-14H2,3-6H3. The first-order valence-electron chi connectivity index (χ1n) is 7.82. The van der Waals surface area contributed by atoms with E-state index in [2.05, 4.69) is 33.9 Å². The molecule has 0 bridgehead atoms. The van der Waals surface area contributed by atoms with Gasteiger partial charge in [0.2, 0.25) is 5.60 Å². The maximum absolute atomic E-state index is 12.0. The fraction of sp³-hybridized carbons (Fsp3) is 0.667. The highest BCUT2D eigenvalue weighted by atomic mass is 16.6. The highest BCUT2D eigenvalue weighted by Crippen LogP contribution is 2.26. The van der Waals surface area contributed by atoms with Crippen LogP contribution in [0.4, 0.5) is 0 Å². The number of esters is 2. The van der Waals surface area contributed by atoms with Crippen LogP contribution in [0.1, 0.15) is 66.2 Å². The van der Waals surface area contributed by atoms with Gasteiger partial charge in [-0.15, -0.1) is 0 Å². The van der Waals surface area contributed by atoms with Crippen molar-refractivity contribution < 1.29 is 19.1 Å². The van der Waals surface area contributed by atoms with E-state index in [9.17, 15) is 9.59 Å². The van der Waals surface area contributed by atoms with Gasteiger partial charge in [0.05, 0.1) is 6.26 Å². The minimum absolute atomic E-state index is 0.344. The summed E-state index contributed by atoms with van der Waals surface area (Å²) in [5, 5.41) is 0. The molecule has 0 aromatic heterocycles. The Morgan fingerprint density at radius 3 is 1.95 bits per heavy atom. The summed E-state index contributed by atoms with van der Waals surface area (Å²) in [6, 6.07) is 0. The van der Waals surface area contributed by atoms with Crippen molar-refractivity contribution in [3.8, 4) is 0 Å². The Balaban J connectivity index is 4.47. The van der Waals surface area contributed by atoms with E-state index < -0.39 is 17.5 Å². The van der Waals surface area contributed by atoms with E-state index in [1.54, 1.807) is 0 Å². The summed E-state index contributed by atoms with van der Waals surface area (Å²) in [4.78, 5) is 23.3. The molecule has 0 aliphatic heterocycles. The highest BCUT2D eigenvalue weighted by molar-refractivity contribution is 5.85. The second-order valence-corrected chi connectivity index (χ2v) is 6.73. The van der Waals surface area contributed by atoms with Crippen LogP contribution in [-0.4, -0.2) is 17.5 Å².